The Morgan fingerprint density at radius 1 is 1.62 bits per heavy atom. The van der Waals surface area contributed by atoms with Gasteiger partial charge < -0.3 is 9.67 Å². The van der Waals surface area contributed by atoms with E-state index in [-0.39, 0.29) is 0 Å². The molecule has 1 N–H and O–H groups in total. The van der Waals surface area contributed by atoms with Crippen LogP contribution >= 0.6 is 33.9 Å². The SMILES string of the molecule is O=C(O)c1cc(I)cn1CCc1cscn1. The highest BCUT2D eigenvalue weighted by atomic mass is 127. The topological polar surface area (TPSA) is 55.1 Å². The van der Waals surface area contributed by atoms with Gasteiger partial charge in [0.1, 0.15) is 5.69 Å². The lowest BCUT2D eigenvalue weighted by molar-refractivity contribution is 0.0685. The van der Waals surface area contributed by atoms with Gasteiger partial charge in [-0.05, 0) is 28.7 Å². The van der Waals surface area contributed by atoms with E-state index in [4.69, 9.17) is 5.11 Å². The average Bonchev–Trinajstić information content (AvgIpc) is 2.83. The Morgan fingerprint density at radius 2 is 2.44 bits per heavy atom. The van der Waals surface area contributed by atoms with Crippen LogP contribution in [0.25, 0.3) is 0 Å². The highest BCUT2D eigenvalue weighted by Gasteiger charge is 2.11. The second-order valence-corrected chi connectivity index (χ2v) is 5.24. The van der Waals surface area contributed by atoms with E-state index in [1.807, 2.05) is 11.6 Å². The fraction of sp³-hybridized carbons (Fsp3) is 0.200. The number of halogens is 1. The van der Waals surface area contributed by atoms with Crippen LogP contribution in [0.15, 0.2) is 23.2 Å². The standard InChI is InChI=1S/C10H9IN2O2S/c11-7-3-9(10(14)15)13(4-7)2-1-8-5-16-6-12-8/h3-6H,1-2H2,(H,14,15). The van der Waals surface area contributed by atoms with Crippen molar-refractivity contribution in [2.24, 2.45) is 0 Å². The number of aryl methyl sites for hydroxylation is 2. The first kappa shape index (κ1) is 11.6. The summed E-state index contributed by atoms with van der Waals surface area (Å²) in [6.45, 7) is 0.647. The Bertz CT molecular complexity index is 493. The van der Waals surface area contributed by atoms with Gasteiger partial charge in [-0.25, -0.2) is 9.78 Å². The molecule has 0 bridgehead atoms. The molecule has 84 valence electrons. The number of nitrogens with zero attached hydrogens (tertiary/aromatic N) is 2. The van der Waals surface area contributed by atoms with Crippen LogP contribution in [0, 0.1) is 3.57 Å². The first-order valence-electron chi connectivity index (χ1n) is 4.63. The van der Waals surface area contributed by atoms with Crippen molar-refractivity contribution in [3.63, 3.8) is 0 Å². The van der Waals surface area contributed by atoms with E-state index in [0.717, 1.165) is 15.7 Å². The van der Waals surface area contributed by atoms with E-state index in [0.29, 0.717) is 12.2 Å². The van der Waals surface area contributed by atoms with E-state index in [1.54, 1.807) is 27.5 Å². The third-order valence-corrected chi connectivity index (χ3v) is 3.40. The molecule has 0 saturated heterocycles. The van der Waals surface area contributed by atoms with Crippen molar-refractivity contribution in [2.45, 2.75) is 13.0 Å². The Morgan fingerprint density at radius 3 is 3.06 bits per heavy atom. The summed E-state index contributed by atoms with van der Waals surface area (Å²) >= 11 is 3.67. The van der Waals surface area contributed by atoms with Gasteiger partial charge in [0.25, 0.3) is 0 Å². The highest BCUT2D eigenvalue weighted by molar-refractivity contribution is 14.1. The molecule has 0 aliphatic heterocycles. The molecular weight excluding hydrogens is 339 g/mol. The smallest absolute Gasteiger partial charge is 0.352 e. The molecule has 6 heteroatoms. The van der Waals surface area contributed by atoms with Crippen LogP contribution in [-0.4, -0.2) is 20.6 Å². The summed E-state index contributed by atoms with van der Waals surface area (Å²) in [4.78, 5) is 15.1. The minimum atomic E-state index is -0.888. The Labute approximate surface area is 110 Å². The van der Waals surface area contributed by atoms with Crippen LogP contribution in [0.5, 0.6) is 0 Å². The van der Waals surface area contributed by atoms with Gasteiger partial charge >= 0.3 is 5.97 Å². The fourth-order valence-corrected chi connectivity index (χ4v) is 2.66. The number of carboxylic acids is 1. The molecule has 0 saturated carbocycles. The van der Waals surface area contributed by atoms with Crippen molar-refractivity contribution in [3.05, 3.63) is 38.1 Å². The summed E-state index contributed by atoms with van der Waals surface area (Å²) in [6.07, 6.45) is 2.60. The molecule has 0 aromatic carbocycles. The minimum Gasteiger partial charge on any atom is -0.477 e. The van der Waals surface area contributed by atoms with E-state index in [2.05, 4.69) is 27.6 Å². The van der Waals surface area contributed by atoms with Crippen molar-refractivity contribution in [2.75, 3.05) is 0 Å². The molecule has 0 aliphatic rings. The number of rotatable bonds is 4. The third-order valence-electron chi connectivity index (χ3n) is 2.17. The summed E-state index contributed by atoms with van der Waals surface area (Å²) in [7, 11) is 0. The summed E-state index contributed by atoms with van der Waals surface area (Å²) in [6, 6.07) is 1.67. The molecule has 0 unspecified atom stereocenters. The summed E-state index contributed by atoms with van der Waals surface area (Å²) in [5.74, 6) is -0.888. The molecule has 2 aromatic heterocycles. The van der Waals surface area contributed by atoms with Crippen molar-refractivity contribution in [3.8, 4) is 0 Å². The normalized spacial score (nSPS) is 10.6. The first-order valence-corrected chi connectivity index (χ1v) is 6.65. The lowest BCUT2D eigenvalue weighted by Crippen LogP contribution is -2.09. The zero-order valence-corrected chi connectivity index (χ0v) is 11.2. The molecule has 2 aromatic rings. The molecule has 16 heavy (non-hydrogen) atoms. The molecule has 0 amide bonds. The molecular formula is C10H9IN2O2S. The largest absolute Gasteiger partial charge is 0.477 e. The van der Waals surface area contributed by atoms with Gasteiger partial charge in [-0.2, -0.15) is 0 Å². The monoisotopic (exact) mass is 348 g/mol. The molecule has 4 nitrogen and oxygen atoms in total. The first-order chi connectivity index (χ1) is 7.66. The maximum Gasteiger partial charge on any atom is 0.352 e. The molecule has 2 heterocycles. The maximum absolute atomic E-state index is 11.0. The van der Waals surface area contributed by atoms with Crippen molar-refractivity contribution in [1.29, 1.82) is 0 Å². The Kier molecular flexibility index (Phi) is 3.59. The van der Waals surface area contributed by atoms with Crippen molar-refractivity contribution in [1.82, 2.24) is 9.55 Å². The van der Waals surface area contributed by atoms with Gasteiger partial charge in [0.05, 0.1) is 11.2 Å². The number of carboxylic acid groups (broad SMARTS) is 1. The van der Waals surface area contributed by atoms with Gasteiger partial charge in [-0.3, -0.25) is 0 Å². The van der Waals surface area contributed by atoms with Gasteiger partial charge in [0.2, 0.25) is 0 Å². The van der Waals surface area contributed by atoms with Gasteiger partial charge in [0.15, 0.2) is 0 Å². The van der Waals surface area contributed by atoms with E-state index in [1.165, 1.54) is 0 Å². The average molecular weight is 348 g/mol. The lowest BCUT2D eigenvalue weighted by atomic mass is 10.3. The van der Waals surface area contributed by atoms with Crippen LogP contribution in [0.2, 0.25) is 0 Å². The predicted molar refractivity (Wildman–Crippen MR) is 69.9 cm³/mol. The quantitative estimate of drug-likeness (QED) is 0.864. The Balaban J connectivity index is 2.12. The van der Waals surface area contributed by atoms with Crippen LogP contribution in [-0.2, 0) is 13.0 Å². The van der Waals surface area contributed by atoms with Crippen molar-refractivity contribution < 1.29 is 9.90 Å². The number of thiazole rings is 1. The van der Waals surface area contributed by atoms with Crippen molar-refractivity contribution >= 4 is 39.9 Å². The predicted octanol–water partition coefficient (Wildman–Crippen LogP) is 2.49. The summed E-state index contributed by atoms with van der Waals surface area (Å²) in [5, 5.41) is 11.0. The number of hydrogen-bond donors (Lipinski definition) is 1. The van der Waals surface area contributed by atoms with E-state index < -0.39 is 5.97 Å². The second-order valence-electron chi connectivity index (χ2n) is 3.27. The molecule has 0 atom stereocenters. The van der Waals surface area contributed by atoms with Gasteiger partial charge in [-0.15, -0.1) is 11.3 Å². The second kappa shape index (κ2) is 4.96. The molecule has 0 fully saturated rings. The number of aromatic nitrogens is 2. The number of hydrogen-bond acceptors (Lipinski definition) is 3. The van der Waals surface area contributed by atoms with Gasteiger partial charge in [-0.1, -0.05) is 0 Å². The number of carbonyl (C=O) groups is 1. The molecule has 0 radical (unpaired) electrons. The zero-order valence-electron chi connectivity index (χ0n) is 8.26. The van der Waals surface area contributed by atoms with Gasteiger partial charge in [0, 0.05) is 28.1 Å². The maximum atomic E-state index is 11.0. The third kappa shape index (κ3) is 2.62. The van der Waals surface area contributed by atoms with Crippen LogP contribution < -0.4 is 0 Å². The van der Waals surface area contributed by atoms with Crippen LogP contribution in [0.3, 0.4) is 0 Å². The minimum absolute atomic E-state index is 0.333. The summed E-state index contributed by atoms with van der Waals surface area (Å²) in [5.41, 5.74) is 3.12. The van der Waals surface area contributed by atoms with Crippen LogP contribution in [0.1, 0.15) is 16.2 Å². The van der Waals surface area contributed by atoms with Crippen LogP contribution in [0.4, 0.5) is 0 Å². The van der Waals surface area contributed by atoms with E-state index >= 15 is 0 Å². The lowest BCUT2D eigenvalue weighted by Gasteiger charge is -2.04. The Hall–Kier alpha value is -0.890. The number of aromatic carboxylic acids is 1. The highest BCUT2D eigenvalue weighted by Crippen LogP contribution is 2.12. The van der Waals surface area contributed by atoms with E-state index in [9.17, 15) is 4.79 Å². The molecule has 2 rings (SSSR count). The fourth-order valence-electron chi connectivity index (χ4n) is 1.43. The zero-order chi connectivity index (χ0) is 11.5. The summed E-state index contributed by atoms with van der Waals surface area (Å²) < 4.78 is 2.69. The molecule has 0 spiro atoms. The molecule has 0 aliphatic carbocycles.